The van der Waals surface area contributed by atoms with Crippen LogP contribution in [-0.2, 0) is 0 Å². The molecule has 0 amide bonds. The van der Waals surface area contributed by atoms with Crippen LogP contribution in [-0.4, -0.2) is 8.44 Å². The molecular formula is C6H11I. The molecule has 0 aliphatic carbocycles. The minimum atomic E-state index is 0.571. The molecule has 0 N–H and O–H groups in total. The van der Waals surface area contributed by atoms with E-state index in [1.807, 2.05) is 0 Å². The quantitative estimate of drug-likeness (QED) is 0.459. The van der Waals surface area contributed by atoms with E-state index in [1.165, 1.54) is 12.8 Å². The predicted octanol–water partition coefficient (Wildman–Crippen LogP) is 2.19. The molecule has 1 atom stereocenters. The second kappa shape index (κ2) is 2.80. The highest BCUT2D eigenvalue weighted by atomic mass is 127. The van der Waals surface area contributed by atoms with Gasteiger partial charge in [-0.2, -0.15) is 0 Å². The first-order valence-corrected chi connectivity index (χ1v) is 5.61. The molecule has 0 aromatic rings. The average molecular weight is 210 g/mol. The molecule has 0 saturated heterocycles. The molecule has 1 aliphatic rings. The minimum Gasteiger partial charge on any atom is -0.127 e. The molecule has 42 valence electrons. The van der Waals surface area contributed by atoms with Gasteiger partial charge in [0.15, 0.2) is 0 Å². The number of halogens is 1. The van der Waals surface area contributed by atoms with Gasteiger partial charge in [-0.3, -0.25) is 0 Å². The Morgan fingerprint density at radius 1 is 1.86 bits per heavy atom. The van der Waals surface area contributed by atoms with Crippen LogP contribution < -0.4 is 0 Å². The maximum Gasteiger partial charge on any atom is -0.00493 e. The third-order valence-electron chi connectivity index (χ3n) is 1.38. The zero-order valence-electron chi connectivity index (χ0n) is 4.65. The Bertz CT molecular complexity index is 76.2. The Kier molecular flexibility index (Phi) is 2.29. The monoisotopic (exact) mass is 210 g/mol. The van der Waals surface area contributed by atoms with Gasteiger partial charge in [0, 0.05) is 0 Å². The standard InChI is InChI=1S/C6H11I/c1-2-6-3-4-7-5-6/h5-6H,2-4H2,1H3. The van der Waals surface area contributed by atoms with Crippen molar-refractivity contribution in [1.29, 1.82) is 0 Å². The van der Waals surface area contributed by atoms with Crippen LogP contribution in [0.15, 0.2) is 0 Å². The Balaban J connectivity index is 2.28. The van der Waals surface area contributed by atoms with E-state index in [4.69, 9.17) is 0 Å². The summed E-state index contributed by atoms with van der Waals surface area (Å²) >= 11 is 0.571. The van der Waals surface area contributed by atoms with Crippen molar-refractivity contribution in [1.82, 2.24) is 0 Å². The van der Waals surface area contributed by atoms with Crippen molar-refractivity contribution in [3.05, 3.63) is 0 Å². The Labute approximate surface area is 55.1 Å². The lowest BCUT2D eigenvalue weighted by atomic mass is 10.1. The van der Waals surface area contributed by atoms with E-state index in [0.29, 0.717) is 20.7 Å². The molecule has 0 radical (unpaired) electrons. The summed E-state index contributed by atoms with van der Waals surface area (Å²) in [7, 11) is 0. The number of alkyl halides is 1. The van der Waals surface area contributed by atoms with Crippen LogP contribution in [0.3, 0.4) is 0 Å². The van der Waals surface area contributed by atoms with E-state index in [2.05, 4.69) is 10.9 Å². The fourth-order valence-corrected chi connectivity index (χ4v) is 3.85. The molecule has 1 unspecified atom stereocenters. The maximum absolute atomic E-state index is 2.57. The molecule has 1 rings (SSSR count). The van der Waals surface area contributed by atoms with Gasteiger partial charge >= 0.3 is 0 Å². The van der Waals surface area contributed by atoms with Crippen molar-refractivity contribution in [2.24, 2.45) is 5.92 Å². The topological polar surface area (TPSA) is 0 Å². The maximum atomic E-state index is 2.57. The van der Waals surface area contributed by atoms with Crippen molar-refractivity contribution < 1.29 is 0 Å². The molecule has 0 aromatic heterocycles. The summed E-state index contributed by atoms with van der Waals surface area (Å²) in [6, 6.07) is 0. The zero-order valence-corrected chi connectivity index (χ0v) is 6.81. The molecule has 1 heterocycles. The van der Waals surface area contributed by atoms with Gasteiger partial charge in [0.2, 0.25) is 0 Å². The third kappa shape index (κ3) is 1.52. The molecule has 1 aliphatic heterocycles. The van der Waals surface area contributed by atoms with Gasteiger partial charge in [-0.25, -0.2) is 0 Å². The summed E-state index contributed by atoms with van der Waals surface area (Å²) < 4.78 is 4.12. The lowest BCUT2D eigenvalue weighted by Gasteiger charge is -1.96. The first-order valence-electron chi connectivity index (χ1n) is 2.84. The van der Waals surface area contributed by atoms with Crippen molar-refractivity contribution in [2.75, 3.05) is 4.43 Å². The van der Waals surface area contributed by atoms with Crippen LogP contribution >= 0.6 is 20.7 Å². The third-order valence-corrected chi connectivity index (χ3v) is 4.15. The SMILES string of the molecule is CCC1C=ICC1. The second-order valence-electron chi connectivity index (χ2n) is 1.93. The van der Waals surface area contributed by atoms with Gasteiger partial charge in [0.05, 0.1) is 0 Å². The Morgan fingerprint density at radius 2 is 2.71 bits per heavy atom. The van der Waals surface area contributed by atoms with Crippen LogP contribution in [0.5, 0.6) is 0 Å². The van der Waals surface area contributed by atoms with E-state index < -0.39 is 0 Å². The summed E-state index contributed by atoms with van der Waals surface area (Å²) in [5.74, 6) is 1.02. The van der Waals surface area contributed by atoms with Crippen molar-refractivity contribution in [2.45, 2.75) is 19.8 Å². The molecular weight excluding hydrogens is 199 g/mol. The smallest absolute Gasteiger partial charge is 0.00493 e. The molecule has 0 spiro atoms. The summed E-state index contributed by atoms with van der Waals surface area (Å²) in [6.45, 7) is 2.29. The molecule has 0 fully saturated rings. The predicted molar refractivity (Wildman–Crippen MR) is 43.3 cm³/mol. The average Bonchev–Trinajstić information content (AvgIpc) is 2.14. The van der Waals surface area contributed by atoms with Gasteiger partial charge in [-0.05, 0) is 23.2 Å². The van der Waals surface area contributed by atoms with Crippen LogP contribution in [0.1, 0.15) is 19.8 Å². The number of hydrogen-bond donors (Lipinski definition) is 0. The number of rotatable bonds is 1. The summed E-state index contributed by atoms with van der Waals surface area (Å²) in [5, 5.41) is 0. The first kappa shape index (κ1) is 5.73. The van der Waals surface area contributed by atoms with Gasteiger partial charge in [0.25, 0.3) is 0 Å². The van der Waals surface area contributed by atoms with E-state index in [-0.39, 0.29) is 0 Å². The fourth-order valence-electron chi connectivity index (χ4n) is 0.748. The summed E-state index contributed by atoms with van der Waals surface area (Å²) in [4.78, 5) is 0. The molecule has 0 nitrogen and oxygen atoms in total. The van der Waals surface area contributed by atoms with Crippen molar-refractivity contribution in [3.63, 3.8) is 0 Å². The Morgan fingerprint density at radius 3 is 3.00 bits per heavy atom. The minimum absolute atomic E-state index is 0.571. The van der Waals surface area contributed by atoms with Crippen LogP contribution in [0.2, 0.25) is 0 Å². The molecule has 0 bridgehead atoms. The lowest BCUT2D eigenvalue weighted by Crippen LogP contribution is -1.92. The molecule has 0 saturated carbocycles. The van der Waals surface area contributed by atoms with Gasteiger partial charge in [0.1, 0.15) is 0 Å². The molecule has 7 heavy (non-hydrogen) atoms. The number of hydrogen-bond acceptors (Lipinski definition) is 0. The summed E-state index contributed by atoms with van der Waals surface area (Å²) in [5.41, 5.74) is 0. The summed E-state index contributed by atoms with van der Waals surface area (Å²) in [6.07, 6.45) is 2.89. The highest BCUT2D eigenvalue weighted by Crippen LogP contribution is 2.19. The zero-order chi connectivity index (χ0) is 5.11. The largest absolute Gasteiger partial charge is 0.127 e. The van der Waals surface area contributed by atoms with Crippen LogP contribution in [0.4, 0.5) is 0 Å². The fraction of sp³-hybridized carbons (Fsp3) is 0.833. The normalized spacial score (nSPS) is 30.1. The van der Waals surface area contributed by atoms with Crippen LogP contribution in [0, 0.1) is 5.92 Å². The highest BCUT2D eigenvalue weighted by molar-refractivity contribution is 14.2. The van der Waals surface area contributed by atoms with E-state index in [9.17, 15) is 0 Å². The Hall–Kier alpha value is 0.600. The molecule has 0 aromatic carbocycles. The van der Waals surface area contributed by atoms with Gasteiger partial charge in [-0.1, -0.05) is 10.9 Å². The van der Waals surface area contributed by atoms with E-state index in [0.717, 1.165) is 5.92 Å². The second-order valence-corrected chi connectivity index (χ2v) is 4.60. The van der Waals surface area contributed by atoms with E-state index >= 15 is 0 Å². The molecule has 1 heteroatoms. The van der Waals surface area contributed by atoms with Crippen molar-refractivity contribution in [3.8, 4) is 0 Å². The van der Waals surface area contributed by atoms with Gasteiger partial charge < -0.3 is 0 Å². The van der Waals surface area contributed by atoms with Gasteiger partial charge in [-0.15, -0.1) is 20.7 Å². The highest BCUT2D eigenvalue weighted by Gasteiger charge is 2.04. The van der Waals surface area contributed by atoms with Crippen molar-refractivity contribution >= 4 is 24.7 Å². The lowest BCUT2D eigenvalue weighted by molar-refractivity contribution is 0.676. The van der Waals surface area contributed by atoms with Crippen LogP contribution in [0.25, 0.3) is 0 Å². The first-order chi connectivity index (χ1) is 3.43. The van der Waals surface area contributed by atoms with E-state index in [1.54, 1.807) is 4.43 Å².